The van der Waals surface area contributed by atoms with Crippen molar-refractivity contribution in [3.8, 4) is 0 Å². The Bertz CT molecular complexity index is 703. The number of hydrogen-bond acceptors (Lipinski definition) is 3. The van der Waals surface area contributed by atoms with Crippen LogP contribution in [0.1, 0.15) is 43.0 Å². The average Bonchev–Trinajstić information content (AvgIpc) is 3.24. The molecule has 1 aromatic carbocycles. The van der Waals surface area contributed by atoms with Crippen molar-refractivity contribution in [2.75, 3.05) is 13.1 Å². The second-order valence-electron chi connectivity index (χ2n) is 6.67. The summed E-state index contributed by atoms with van der Waals surface area (Å²) in [7, 11) is 0. The van der Waals surface area contributed by atoms with E-state index in [1.807, 2.05) is 6.07 Å². The summed E-state index contributed by atoms with van der Waals surface area (Å²) in [5.41, 5.74) is 1.09. The molecule has 0 bridgehead atoms. The van der Waals surface area contributed by atoms with E-state index in [4.69, 9.17) is 4.98 Å². The van der Waals surface area contributed by atoms with Gasteiger partial charge in [-0.1, -0.05) is 24.3 Å². The molecule has 0 N–H and O–H groups in total. The van der Waals surface area contributed by atoms with Crippen LogP contribution in [0.2, 0.25) is 0 Å². The zero-order chi connectivity index (χ0) is 15.6. The molecule has 23 heavy (non-hydrogen) atoms. The second-order valence-corrected chi connectivity index (χ2v) is 7.73. The molecule has 1 aromatic heterocycles. The van der Waals surface area contributed by atoms with Crippen molar-refractivity contribution in [2.45, 2.75) is 38.0 Å². The minimum Gasteiger partial charge on any atom is -0.342 e. The summed E-state index contributed by atoms with van der Waals surface area (Å²) in [4.78, 5) is 19.5. The summed E-state index contributed by atoms with van der Waals surface area (Å²) in [6, 6.07) is 8.32. The van der Waals surface area contributed by atoms with E-state index in [0.29, 0.717) is 24.2 Å². The molecule has 0 spiro atoms. The van der Waals surface area contributed by atoms with Crippen LogP contribution >= 0.6 is 11.3 Å². The lowest BCUT2D eigenvalue weighted by Gasteiger charge is -2.32. The van der Waals surface area contributed by atoms with Crippen molar-refractivity contribution in [3.63, 3.8) is 0 Å². The quantitative estimate of drug-likeness (QED) is 0.785. The lowest BCUT2D eigenvalue weighted by Crippen LogP contribution is -2.39. The zero-order valence-electron chi connectivity index (χ0n) is 13.3. The predicted molar refractivity (Wildman–Crippen MR) is 94.7 cm³/mol. The molecule has 1 aliphatic heterocycles. The van der Waals surface area contributed by atoms with Crippen molar-refractivity contribution < 1.29 is 4.79 Å². The highest BCUT2D eigenvalue weighted by atomic mass is 32.1. The van der Waals surface area contributed by atoms with E-state index < -0.39 is 0 Å². The Morgan fingerprint density at radius 3 is 3.04 bits per heavy atom. The standard InChI is InChI=1S/C19H22N2OS/c22-18(12-14-6-1-2-7-14)21-11-5-8-15(13-21)19-20-16-9-3-4-10-17(16)23-19/h1,3-4,6,9-10,14-15H,2,5,7-8,11-13H2/t14-,15-/m1/s1. The number of allylic oxidation sites excluding steroid dienone is 2. The van der Waals surface area contributed by atoms with Gasteiger partial charge in [-0.05, 0) is 43.7 Å². The van der Waals surface area contributed by atoms with Crippen molar-refractivity contribution in [1.82, 2.24) is 9.88 Å². The summed E-state index contributed by atoms with van der Waals surface area (Å²) in [5, 5.41) is 1.20. The van der Waals surface area contributed by atoms with Crippen LogP contribution in [0.15, 0.2) is 36.4 Å². The first-order chi connectivity index (χ1) is 11.3. The zero-order valence-corrected chi connectivity index (χ0v) is 14.1. The number of hydrogen-bond donors (Lipinski definition) is 0. The number of para-hydroxylation sites is 1. The number of nitrogens with zero attached hydrogens (tertiary/aromatic N) is 2. The molecule has 1 amide bonds. The summed E-state index contributed by atoms with van der Waals surface area (Å²) in [5.74, 6) is 1.20. The molecule has 0 unspecified atom stereocenters. The van der Waals surface area contributed by atoms with Gasteiger partial charge in [0, 0.05) is 25.4 Å². The highest BCUT2D eigenvalue weighted by Crippen LogP contribution is 2.33. The second kappa shape index (κ2) is 6.44. The molecular weight excluding hydrogens is 304 g/mol. The molecule has 2 heterocycles. The Hall–Kier alpha value is -1.68. The third kappa shape index (κ3) is 3.18. The van der Waals surface area contributed by atoms with Crippen LogP contribution in [-0.2, 0) is 4.79 Å². The topological polar surface area (TPSA) is 33.2 Å². The first kappa shape index (κ1) is 14.9. The molecule has 1 aliphatic carbocycles. The number of fused-ring (bicyclic) bond motifs is 1. The molecule has 4 rings (SSSR count). The van der Waals surface area contributed by atoms with Crippen LogP contribution in [0.5, 0.6) is 0 Å². The molecular formula is C19H22N2OS. The fourth-order valence-electron chi connectivity index (χ4n) is 3.69. The first-order valence-electron chi connectivity index (χ1n) is 8.59. The summed E-state index contributed by atoms with van der Waals surface area (Å²) in [6.07, 6.45) is 9.61. The minimum absolute atomic E-state index is 0.326. The third-order valence-electron chi connectivity index (χ3n) is 4.98. The van der Waals surface area contributed by atoms with E-state index in [1.54, 1.807) is 11.3 Å². The van der Waals surface area contributed by atoms with E-state index in [2.05, 4.69) is 35.3 Å². The molecule has 0 saturated carbocycles. The highest BCUT2D eigenvalue weighted by molar-refractivity contribution is 7.18. The van der Waals surface area contributed by atoms with Crippen molar-refractivity contribution in [3.05, 3.63) is 41.4 Å². The van der Waals surface area contributed by atoms with Gasteiger partial charge in [0.05, 0.1) is 15.2 Å². The Kier molecular flexibility index (Phi) is 4.17. The fourth-order valence-corrected chi connectivity index (χ4v) is 4.78. The molecule has 1 saturated heterocycles. The van der Waals surface area contributed by atoms with Gasteiger partial charge in [0.1, 0.15) is 0 Å². The van der Waals surface area contributed by atoms with Gasteiger partial charge in [-0.3, -0.25) is 4.79 Å². The monoisotopic (exact) mass is 326 g/mol. The van der Waals surface area contributed by atoms with E-state index >= 15 is 0 Å². The number of carbonyl (C=O) groups excluding carboxylic acids is 1. The predicted octanol–water partition coefficient (Wildman–Crippen LogP) is 4.36. The van der Waals surface area contributed by atoms with E-state index in [-0.39, 0.29) is 0 Å². The van der Waals surface area contributed by atoms with Crippen molar-refractivity contribution in [1.29, 1.82) is 0 Å². The number of aromatic nitrogens is 1. The molecule has 3 nitrogen and oxygen atoms in total. The van der Waals surface area contributed by atoms with Gasteiger partial charge in [-0.25, -0.2) is 4.98 Å². The number of likely N-dealkylation sites (tertiary alicyclic amines) is 1. The van der Waals surface area contributed by atoms with Gasteiger partial charge in [0.2, 0.25) is 5.91 Å². The highest BCUT2D eigenvalue weighted by Gasteiger charge is 2.28. The van der Waals surface area contributed by atoms with E-state index in [9.17, 15) is 4.79 Å². The number of amides is 1. The smallest absolute Gasteiger partial charge is 0.223 e. The molecule has 120 valence electrons. The Balaban J connectivity index is 1.45. The summed E-state index contributed by atoms with van der Waals surface area (Å²) < 4.78 is 1.25. The van der Waals surface area contributed by atoms with Crippen LogP contribution in [0.3, 0.4) is 0 Å². The largest absolute Gasteiger partial charge is 0.342 e. The maximum absolute atomic E-state index is 12.6. The van der Waals surface area contributed by atoms with Gasteiger partial charge in [0.25, 0.3) is 0 Å². The maximum atomic E-state index is 12.6. The van der Waals surface area contributed by atoms with Crippen molar-refractivity contribution >= 4 is 27.5 Å². The summed E-state index contributed by atoms with van der Waals surface area (Å²) in [6.45, 7) is 1.76. The third-order valence-corrected chi connectivity index (χ3v) is 6.18. The van der Waals surface area contributed by atoms with Crippen LogP contribution in [0, 0.1) is 5.92 Å². The molecule has 2 atom stereocenters. The normalized spacial score (nSPS) is 24.4. The van der Waals surface area contributed by atoms with Gasteiger partial charge >= 0.3 is 0 Å². The van der Waals surface area contributed by atoms with Gasteiger partial charge < -0.3 is 4.90 Å². The minimum atomic E-state index is 0.326. The van der Waals surface area contributed by atoms with Crippen LogP contribution < -0.4 is 0 Å². The molecule has 2 aliphatic rings. The summed E-state index contributed by atoms with van der Waals surface area (Å²) >= 11 is 1.79. The van der Waals surface area contributed by atoms with Crippen LogP contribution in [-0.4, -0.2) is 28.9 Å². The maximum Gasteiger partial charge on any atom is 0.223 e. The Labute approximate surface area is 141 Å². The lowest BCUT2D eigenvalue weighted by atomic mass is 9.97. The van der Waals surface area contributed by atoms with Gasteiger partial charge in [-0.15, -0.1) is 11.3 Å². The SMILES string of the molecule is O=C(C[C@@H]1C=CCC1)N1CCC[C@@H](c2nc3ccccc3s2)C1. The number of thiazole rings is 1. The molecule has 4 heteroatoms. The van der Waals surface area contributed by atoms with Gasteiger partial charge in [0.15, 0.2) is 0 Å². The number of rotatable bonds is 3. The van der Waals surface area contributed by atoms with Crippen molar-refractivity contribution in [2.24, 2.45) is 5.92 Å². The van der Waals surface area contributed by atoms with E-state index in [0.717, 1.165) is 44.3 Å². The average molecular weight is 326 g/mol. The van der Waals surface area contributed by atoms with Gasteiger partial charge in [-0.2, -0.15) is 0 Å². The molecule has 1 fully saturated rings. The van der Waals surface area contributed by atoms with Crippen LogP contribution in [0.4, 0.5) is 0 Å². The Morgan fingerprint density at radius 2 is 2.22 bits per heavy atom. The Morgan fingerprint density at radius 1 is 1.30 bits per heavy atom. The van der Waals surface area contributed by atoms with E-state index in [1.165, 1.54) is 9.71 Å². The molecule has 0 radical (unpaired) electrons. The first-order valence-corrected chi connectivity index (χ1v) is 9.41. The number of carbonyl (C=O) groups is 1. The molecule has 2 aromatic rings. The number of piperidine rings is 1. The number of benzene rings is 1. The fraction of sp³-hybridized carbons (Fsp3) is 0.474. The lowest BCUT2D eigenvalue weighted by molar-refractivity contribution is -0.133. The van der Waals surface area contributed by atoms with Crippen LogP contribution in [0.25, 0.3) is 10.2 Å².